The summed E-state index contributed by atoms with van der Waals surface area (Å²) in [5.41, 5.74) is 3.21. The van der Waals surface area contributed by atoms with Crippen LogP contribution in [-0.2, 0) is 4.79 Å². The quantitative estimate of drug-likeness (QED) is 0.725. The van der Waals surface area contributed by atoms with Crippen LogP contribution in [0.5, 0.6) is 5.75 Å². The van der Waals surface area contributed by atoms with Crippen molar-refractivity contribution in [1.82, 2.24) is 9.88 Å². The Bertz CT molecular complexity index is 980. The molecule has 2 aromatic carbocycles. The number of ether oxygens (including phenoxy) is 1. The first-order chi connectivity index (χ1) is 13.7. The normalized spacial score (nSPS) is 16.8. The molecule has 1 aromatic heterocycles. The van der Waals surface area contributed by atoms with Crippen LogP contribution in [0.15, 0.2) is 60.8 Å². The molecule has 1 unspecified atom stereocenters. The van der Waals surface area contributed by atoms with Gasteiger partial charge < -0.3 is 9.84 Å². The first-order valence-electron chi connectivity index (χ1n) is 9.61. The number of carboxylic acid groups (broad SMARTS) is 1. The maximum Gasteiger partial charge on any atom is 0.306 e. The van der Waals surface area contributed by atoms with Crippen molar-refractivity contribution in [3.8, 4) is 5.75 Å². The summed E-state index contributed by atoms with van der Waals surface area (Å²) in [7, 11) is 1.67. The molecule has 3 aromatic rings. The molecule has 1 aliphatic heterocycles. The summed E-state index contributed by atoms with van der Waals surface area (Å²) in [5, 5.41) is 10.4. The number of aromatic nitrogens is 1. The second-order valence-corrected chi connectivity index (χ2v) is 7.29. The first-order valence-corrected chi connectivity index (χ1v) is 9.61. The lowest BCUT2D eigenvalue weighted by atomic mass is 9.91. The highest BCUT2D eigenvalue weighted by Gasteiger charge is 2.30. The number of methoxy groups -OCH3 is 1. The van der Waals surface area contributed by atoms with Crippen LogP contribution in [-0.4, -0.2) is 41.2 Å². The summed E-state index contributed by atoms with van der Waals surface area (Å²) in [6, 6.07) is 18.4. The van der Waals surface area contributed by atoms with Gasteiger partial charge in [0.2, 0.25) is 0 Å². The Labute approximate surface area is 164 Å². The van der Waals surface area contributed by atoms with Gasteiger partial charge in [0.15, 0.2) is 0 Å². The van der Waals surface area contributed by atoms with Crippen LogP contribution in [0.2, 0.25) is 0 Å². The van der Waals surface area contributed by atoms with Crippen LogP contribution in [0.25, 0.3) is 10.9 Å². The molecule has 0 bridgehead atoms. The number of hydrogen-bond acceptors (Lipinski definition) is 4. The third-order valence-electron chi connectivity index (χ3n) is 5.58. The van der Waals surface area contributed by atoms with Crippen molar-refractivity contribution in [1.29, 1.82) is 0 Å². The fourth-order valence-electron chi connectivity index (χ4n) is 4.07. The van der Waals surface area contributed by atoms with Crippen LogP contribution in [0.1, 0.15) is 30.0 Å². The molecule has 4 rings (SSSR count). The second kappa shape index (κ2) is 7.98. The average Bonchev–Trinajstić information content (AvgIpc) is 2.74. The number of benzene rings is 2. The van der Waals surface area contributed by atoms with Gasteiger partial charge in [-0.05, 0) is 61.3 Å². The van der Waals surface area contributed by atoms with E-state index in [1.54, 1.807) is 7.11 Å². The lowest BCUT2D eigenvalue weighted by Crippen LogP contribution is -2.39. The van der Waals surface area contributed by atoms with Gasteiger partial charge in [-0.1, -0.05) is 30.3 Å². The summed E-state index contributed by atoms with van der Waals surface area (Å²) in [6.45, 7) is 1.48. The van der Waals surface area contributed by atoms with Crippen molar-refractivity contribution >= 4 is 16.9 Å². The summed E-state index contributed by atoms with van der Waals surface area (Å²) >= 11 is 0. The number of nitrogens with zero attached hydrogens (tertiary/aromatic N) is 2. The highest BCUT2D eigenvalue weighted by atomic mass is 16.5. The minimum Gasteiger partial charge on any atom is -0.497 e. The van der Waals surface area contributed by atoms with E-state index in [9.17, 15) is 9.90 Å². The van der Waals surface area contributed by atoms with Crippen LogP contribution in [0.3, 0.4) is 0 Å². The predicted molar refractivity (Wildman–Crippen MR) is 109 cm³/mol. The largest absolute Gasteiger partial charge is 0.497 e. The monoisotopic (exact) mass is 376 g/mol. The van der Waals surface area contributed by atoms with Crippen molar-refractivity contribution < 1.29 is 14.6 Å². The number of pyridine rings is 1. The Kier molecular flexibility index (Phi) is 5.26. The van der Waals surface area contributed by atoms with Gasteiger partial charge >= 0.3 is 5.97 Å². The Morgan fingerprint density at radius 1 is 1.11 bits per heavy atom. The fourth-order valence-corrected chi connectivity index (χ4v) is 4.07. The van der Waals surface area contributed by atoms with E-state index in [1.165, 1.54) is 0 Å². The topological polar surface area (TPSA) is 62.7 Å². The van der Waals surface area contributed by atoms with Crippen LogP contribution >= 0.6 is 0 Å². The number of fused-ring (bicyclic) bond motifs is 1. The average molecular weight is 376 g/mol. The van der Waals surface area contributed by atoms with Crippen molar-refractivity contribution in [2.75, 3.05) is 20.2 Å². The van der Waals surface area contributed by atoms with E-state index in [4.69, 9.17) is 4.74 Å². The molecule has 5 nitrogen and oxygen atoms in total. The molecule has 0 radical (unpaired) electrons. The molecule has 2 heterocycles. The molecule has 5 heteroatoms. The van der Waals surface area contributed by atoms with E-state index < -0.39 is 5.97 Å². The molecular weight excluding hydrogens is 352 g/mol. The number of aliphatic carboxylic acids is 1. The first kappa shape index (κ1) is 18.4. The van der Waals surface area contributed by atoms with Gasteiger partial charge in [0.05, 0.1) is 24.6 Å². The van der Waals surface area contributed by atoms with E-state index in [2.05, 4.69) is 34.1 Å². The lowest BCUT2D eigenvalue weighted by molar-refractivity contribution is -0.143. The van der Waals surface area contributed by atoms with Gasteiger partial charge in [-0.15, -0.1) is 0 Å². The predicted octanol–water partition coefficient (Wildman–Crippen LogP) is 4.13. The van der Waals surface area contributed by atoms with Crippen LogP contribution in [0, 0.1) is 5.92 Å². The Morgan fingerprint density at radius 3 is 2.64 bits per heavy atom. The SMILES string of the molecule is COc1cccc(C(c2cnc3ccccc3c2)N2CCC(C(=O)O)CC2)c1. The zero-order chi connectivity index (χ0) is 19.5. The minimum absolute atomic E-state index is 0.0157. The van der Waals surface area contributed by atoms with E-state index in [0.29, 0.717) is 12.8 Å². The summed E-state index contributed by atoms with van der Waals surface area (Å²) in [4.78, 5) is 18.4. The highest BCUT2D eigenvalue weighted by Crippen LogP contribution is 2.34. The molecule has 1 atom stereocenters. The molecule has 1 aliphatic rings. The van der Waals surface area contributed by atoms with E-state index in [0.717, 1.165) is 40.9 Å². The maximum absolute atomic E-state index is 11.4. The zero-order valence-electron chi connectivity index (χ0n) is 15.9. The van der Waals surface area contributed by atoms with E-state index in [-0.39, 0.29) is 12.0 Å². The molecule has 1 fully saturated rings. The molecule has 0 spiro atoms. The maximum atomic E-state index is 11.4. The number of hydrogen-bond donors (Lipinski definition) is 1. The van der Waals surface area contributed by atoms with Crippen molar-refractivity contribution in [3.63, 3.8) is 0 Å². The van der Waals surface area contributed by atoms with Gasteiger partial charge in [0, 0.05) is 11.6 Å². The molecule has 144 valence electrons. The molecule has 28 heavy (non-hydrogen) atoms. The molecule has 0 saturated carbocycles. The van der Waals surface area contributed by atoms with Crippen molar-refractivity contribution in [2.24, 2.45) is 5.92 Å². The Morgan fingerprint density at radius 2 is 1.89 bits per heavy atom. The zero-order valence-corrected chi connectivity index (χ0v) is 15.9. The van der Waals surface area contributed by atoms with Gasteiger partial charge in [-0.3, -0.25) is 14.7 Å². The third-order valence-corrected chi connectivity index (χ3v) is 5.58. The lowest BCUT2D eigenvalue weighted by Gasteiger charge is -2.37. The Hall–Kier alpha value is -2.92. The van der Waals surface area contributed by atoms with E-state index >= 15 is 0 Å². The number of rotatable bonds is 5. The summed E-state index contributed by atoms with van der Waals surface area (Å²) < 4.78 is 5.44. The van der Waals surface area contributed by atoms with E-state index in [1.807, 2.05) is 36.5 Å². The van der Waals surface area contributed by atoms with Crippen LogP contribution in [0.4, 0.5) is 0 Å². The Balaban J connectivity index is 1.73. The second-order valence-electron chi connectivity index (χ2n) is 7.29. The number of carboxylic acids is 1. The van der Waals surface area contributed by atoms with Gasteiger partial charge in [0.25, 0.3) is 0 Å². The molecule has 1 N–H and O–H groups in total. The third kappa shape index (κ3) is 3.71. The molecule has 0 aliphatic carbocycles. The van der Waals surface area contributed by atoms with Crippen LogP contribution < -0.4 is 4.74 Å². The number of para-hydroxylation sites is 1. The number of carbonyl (C=O) groups is 1. The minimum atomic E-state index is -0.690. The summed E-state index contributed by atoms with van der Waals surface area (Å²) in [6.07, 6.45) is 3.27. The molecule has 1 saturated heterocycles. The number of piperidine rings is 1. The highest BCUT2D eigenvalue weighted by molar-refractivity contribution is 5.79. The molecule has 0 amide bonds. The van der Waals surface area contributed by atoms with Crippen molar-refractivity contribution in [3.05, 3.63) is 71.9 Å². The van der Waals surface area contributed by atoms with Gasteiger partial charge in [-0.2, -0.15) is 0 Å². The van der Waals surface area contributed by atoms with Crippen molar-refractivity contribution in [2.45, 2.75) is 18.9 Å². The fraction of sp³-hybridized carbons (Fsp3) is 0.304. The standard InChI is InChI=1S/C23H24N2O3/c1-28-20-7-4-6-18(14-20)22(25-11-9-16(10-12-25)23(26)27)19-13-17-5-2-3-8-21(17)24-15-19/h2-8,13-16,22H,9-12H2,1H3,(H,26,27). The summed E-state index contributed by atoms with van der Waals surface area (Å²) in [5.74, 6) is -0.126. The smallest absolute Gasteiger partial charge is 0.306 e. The number of likely N-dealkylation sites (tertiary alicyclic amines) is 1. The van der Waals surface area contributed by atoms with Gasteiger partial charge in [0.1, 0.15) is 5.75 Å². The molecular formula is C23H24N2O3. The van der Waals surface area contributed by atoms with Gasteiger partial charge in [-0.25, -0.2) is 0 Å².